The highest BCUT2D eigenvalue weighted by Crippen LogP contribution is 2.19. The van der Waals surface area contributed by atoms with Gasteiger partial charge in [-0.2, -0.15) is 0 Å². The molecule has 88 valence electrons. The van der Waals surface area contributed by atoms with E-state index in [0.717, 1.165) is 14.6 Å². The molecule has 0 bridgehead atoms. The SMILES string of the molecule is Cn1cc(-c2cccc(Br)c2)c(=O)n(C)c1=O. The monoisotopic (exact) mass is 294 g/mol. The Balaban J connectivity index is 2.78. The Kier molecular flexibility index (Phi) is 3.02. The van der Waals surface area contributed by atoms with Crippen molar-refractivity contribution < 1.29 is 0 Å². The van der Waals surface area contributed by atoms with Gasteiger partial charge in [-0.3, -0.25) is 9.36 Å². The number of aromatic nitrogens is 2. The lowest BCUT2D eigenvalue weighted by Crippen LogP contribution is -2.37. The molecule has 0 N–H and O–H groups in total. The van der Waals surface area contributed by atoms with Crippen molar-refractivity contribution in [2.24, 2.45) is 14.1 Å². The highest BCUT2D eigenvalue weighted by atomic mass is 79.9. The zero-order chi connectivity index (χ0) is 12.6. The van der Waals surface area contributed by atoms with Crippen molar-refractivity contribution in [2.75, 3.05) is 0 Å². The van der Waals surface area contributed by atoms with E-state index < -0.39 is 0 Å². The largest absolute Gasteiger partial charge is 0.330 e. The second-order valence-electron chi connectivity index (χ2n) is 3.81. The van der Waals surface area contributed by atoms with Crippen LogP contribution in [0, 0.1) is 0 Å². The number of hydrogen-bond acceptors (Lipinski definition) is 2. The molecule has 0 fully saturated rings. The number of hydrogen-bond donors (Lipinski definition) is 0. The first-order chi connectivity index (χ1) is 8.00. The van der Waals surface area contributed by atoms with Gasteiger partial charge in [0.25, 0.3) is 5.56 Å². The van der Waals surface area contributed by atoms with Crippen molar-refractivity contribution in [3.05, 3.63) is 55.8 Å². The molecule has 2 aromatic rings. The molecular formula is C12H11BrN2O2. The zero-order valence-corrected chi connectivity index (χ0v) is 11.1. The van der Waals surface area contributed by atoms with Crippen LogP contribution >= 0.6 is 15.9 Å². The van der Waals surface area contributed by atoms with Crippen LogP contribution < -0.4 is 11.2 Å². The molecule has 2 rings (SSSR count). The number of rotatable bonds is 1. The van der Waals surface area contributed by atoms with Crippen molar-refractivity contribution >= 4 is 15.9 Å². The van der Waals surface area contributed by atoms with Gasteiger partial charge in [-0.15, -0.1) is 0 Å². The topological polar surface area (TPSA) is 44.0 Å². The van der Waals surface area contributed by atoms with Gasteiger partial charge in [0.15, 0.2) is 0 Å². The van der Waals surface area contributed by atoms with E-state index in [9.17, 15) is 9.59 Å². The molecule has 1 aromatic heterocycles. The van der Waals surface area contributed by atoms with Crippen LogP contribution in [0.15, 0.2) is 44.5 Å². The Morgan fingerprint density at radius 3 is 2.53 bits per heavy atom. The summed E-state index contributed by atoms with van der Waals surface area (Å²) in [6, 6.07) is 7.42. The van der Waals surface area contributed by atoms with Gasteiger partial charge in [-0.1, -0.05) is 28.1 Å². The normalized spacial score (nSPS) is 10.5. The first-order valence-corrected chi connectivity index (χ1v) is 5.82. The summed E-state index contributed by atoms with van der Waals surface area (Å²) in [6.07, 6.45) is 1.56. The van der Waals surface area contributed by atoms with E-state index in [1.165, 1.54) is 11.6 Å². The quantitative estimate of drug-likeness (QED) is 0.800. The predicted molar refractivity (Wildman–Crippen MR) is 70.1 cm³/mol. The lowest BCUT2D eigenvalue weighted by Gasteiger charge is -2.06. The van der Waals surface area contributed by atoms with Crippen LogP contribution in [0.2, 0.25) is 0 Å². The van der Waals surface area contributed by atoms with Crippen LogP contribution in [0.4, 0.5) is 0 Å². The molecular weight excluding hydrogens is 284 g/mol. The molecule has 0 atom stereocenters. The molecule has 4 nitrogen and oxygen atoms in total. The summed E-state index contributed by atoms with van der Waals surface area (Å²) >= 11 is 3.36. The van der Waals surface area contributed by atoms with Gasteiger partial charge in [0, 0.05) is 24.8 Å². The molecule has 0 radical (unpaired) electrons. The summed E-state index contributed by atoms with van der Waals surface area (Å²) in [5.74, 6) is 0. The smallest absolute Gasteiger partial charge is 0.303 e. The third kappa shape index (κ3) is 2.10. The van der Waals surface area contributed by atoms with Gasteiger partial charge in [0.05, 0.1) is 5.56 Å². The number of halogens is 1. The fraction of sp³-hybridized carbons (Fsp3) is 0.167. The molecule has 17 heavy (non-hydrogen) atoms. The summed E-state index contributed by atoms with van der Waals surface area (Å²) < 4.78 is 3.40. The Morgan fingerprint density at radius 2 is 1.88 bits per heavy atom. The summed E-state index contributed by atoms with van der Waals surface area (Å²) in [5.41, 5.74) is 0.687. The maximum atomic E-state index is 12.0. The highest BCUT2D eigenvalue weighted by Gasteiger charge is 2.08. The van der Waals surface area contributed by atoms with Crippen molar-refractivity contribution in [1.82, 2.24) is 9.13 Å². The lowest BCUT2D eigenvalue weighted by atomic mass is 10.1. The third-order valence-corrected chi connectivity index (χ3v) is 3.08. The molecule has 0 saturated heterocycles. The Bertz CT molecular complexity index is 686. The van der Waals surface area contributed by atoms with E-state index in [2.05, 4.69) is 15.9 Å². The fourth-order valence-electron chi connectivity index (χ4n) is 1.66. The first-order valence-electron chi connectivity index (χ1n) is 5.03. The molecule has 0 unspecified atom stereocenters. The summed E-state index contributed by atoms with van der Waals surface area (Å²) in [6.45, 7) is 0. The second-order valence-corrected chi connectivity index (χ2v) is 4.73. The first kappa shape index (κ1) is 11.9. The number of benzene rings is 1. The van der Waals surface area contributed by atoms with Gasteiger partial charge >= 0.3 is 5.69 Å². The highest BCUT2D eigenvalue weighted by molar-refractivity contribution is 9.10. The second kappa shape index (κ2) is 4.33. The van der Waals surface area contributed by atoms with E-state index in [1.54, 1.807) is 13.2 Å². The van der Waals surface area contributed by atoms with Crippen LogP contribution in [0.5, 0.6) is 0 Å². The number of aryl methyl sites for hydroxylation is 1. The zero-order valence-electron chi connectivity index (χ0n) is 9.48. The number of nitrogens with zero attached hydrogens (tertiary/aromatic N) is 2. The minimum absolute atomic E-state index is 0.286. The van der Waals surface area contributed by atoms with Crippen LogP contribution in [0.3, 0.4) is 0 Å². The van der Waals surface area contributed by atoms with Crippen molar-refractivity contribution in [2.45, 2.75) is 0 Å². The average Bonchev–Trinajstić information content (AvgIpc) is 2.31. The molecule has 0 saturated carbocycles. The molecule has 5 heteroatoms. The molecule has 0 aliphatic carbocycles. The van der Waals surface area contributed by atoms with Gasteiger partial charge in [0.2, 0.25) is 0 Å². The maximum Gasteiger partial charge on any atom is 0.330 e. The van der Waals surface area contributed by atoms with E-state index in [1.807, 2.05) is 24.3 Å². The van der Waals surface area contributed by atoms with Crippen molar-refractivity contribution in [1.29, 1.82) is 0 Å². The van der Waals surface area contributed by atoms with Gasteiger partial charge in [0.1, 0.15) is 0 Å². The van der Waals surface area contributed by atoms with E-state index in [-0.39, 0.29) is 11.2 Å². The summed E-state index contributed by atoms with van der Waals surface area (Å²) in [5, 5.41) is 0. The van der Waals surface area contributed by atoms with Crippen LogP contribution in [-0.4, -0.2) is 9.13 Å². The van der Waals surface area contributed by atoms with Gasteiger partial charge in [-0.25, -0.2) is 4.79 Å². The van der Waals surface area contributed by atoms with Gasteiger partial charge < -0.3 is 4.57 Å². The average molecular weight is 295 g/mol. The van der Waals surface area contributed by atoms with Crippen LogP contribution in [0.25, 0.3) is 11.1 Å². The van der Waals surface area contributed by atoms with Crippen molar-refractivity contribution in [3.8, 4) is 11.1 Å². The van der Waals surface area contributed by atoms with Gasteiger partial charge in [-0.05, 0) is 17.7 Å². The van der Waals surface area contributed by atoms with Crippen LogP contribution in [-0.2, 0) is 14.1 Å². The predicted octanol–water partition coefficient (Wildman–Crippen LogP) is 1.51. The third-order valence-electron chi connectivity index (χ3n) is 2.58. The maximum absolute atomic E-state index is 12.0. The fourth-order valence-corrected chi connectivity index (χ4v) is 2.06. The minimum Gasteiger partial charge on any atom is -0.303 e. The Labute approximate surface area is 106 Å². The summed E-state index contributed by atoms with van der Waals surface area (Å²) in [4.78, 5) is 23.5. The van der Waals surface area contributed by atoms with E-state index in [4.69, 9.17) is 0 Å². The van der Waals surface area contributed by atoms with E-state index in [0.29, 0.717) is 5.56 Å². The minimum atomic E-state index is -0.325. The van der Waals surface area contributed by atoms with Crippen molar-refractivity contribution in [3.63, 3.8) is 0 Å². The lowest BCUT2D eigenvalue weighted by molar-refractivity contribution is 0.688. The van der Waals surface area contributed by atoms with E-state index >= 15 is 0 Å². The molecule has 0 aliphatic rings. The molecule has 0 spiro atoms. The molecule has 1 heterocycles. The standard InChI is InChI=1S/C12H11BrN2O2/c1-14-7-10(11(16)15(2)12(14)17)8-4-3-5-9(13)6-8/h3-7H,1-2H3. The van der Waals surface area contributed by atoms with Crippen LogP contribution in [0.1, 0.15) is 0 Å². The Morgan fingerprint density at radius 1 is 1.18 bits per heavy atom. The molecule has 1 aromatic carbocycles. The Hall–Kier alpha value is -1.62. The molecule has 0 aliphatic heterocycles. The summed E-state index contributed by atoms with van der Waals surface area (Å²) in [7, 11) is 3.11. The molecule has 0 amide bonds.